The van der Waals surface area contributed by atoms with Crippen LogP contribution < -0.4 is 0 Å². The lowest BCUT2D eigenvalue weighted by Gasteiger charge is -2.17. The number of aryl methyl sites for hydroxylation is 1. The van der Waals surface area contributed by atoms with Crippen LogP contribution in [0.15, 0.2) is 39.6 Å². The minimum Gasteiger partial charge on any atom is -0.465 e. The zero-order chi connectivity index (χ0) is 15.6. The van der Waals surface area contributed by atoms with Gasteiger partial charge in [-0.3, -0.25) is 0 Å². The van der Waals surface area contributed by atoms with Crippen LogP contribution in [0.4, 0.5) is 0 Å². The highest BCUT2D eigenvalue weighted by atomic mass is 35.5. The van der Waals surface area contributed by atoms with Crippen LogP contribution >= 0.6 is 11.6 Å². The fourth-order valence-electron chi connectivity index (χ4n) is 1.89. The molecule has 0 aliphatic heterocycles. The number of aliphatic hydroxyl groups excluding tert-OH is 1. The van der Waals surface area contributed by atoms with E-state index in [2.05, 4.69) is 0 Å². The quantitative estimate of drug-likeness (QED) is 0.915. The molecule has 1 aromatic heterocycles. The molecule has 0 fully saturated rings. The maximum absolute atomic E-state index is 12.6. The molecule has 7 heteroatoms. The van der Waals surface area contributed by atoms with Crippen LogP contribution in [-0.4, -0.2) is 24.9 Å². The van der Waals surface area contributed by atoms with Gasteiger partial charge in [0.05, 0.1) is 18.2 Å². The molecule has 0 radical (unpaired) electrons. The monoisotopic (exact) mass is 329 g/mol. The highest BCUT2D eigenvalue weighted by molar-refractivity contribution is 7.89. The molecule has 0 aliphatic rings. The molecule has 0 aliphatic carbocycles. The summed E-state index contributed by atoms with van der Waals surface area (Å²) >= 11 is 5.98. The Morgan fingerprint density at radius 3 is 2.57 bits per heavy atom. The van der Waals surface area contributed by atoms with E-state index in [4.69, 9.17) is 21.1 Å². The lowest BCUT2D eigenvalue weighted by atomic mass is 10.2. The zero-order valence-electron chi connectivity index (χ0n) is 11.7. The summed E-state index contributed by atoms with van der Waals surface area (Å²) < 4.78 is 31.6. The van der Waals surface area contributed by atoms with Gasteiger partial charge in [-0.2, -0.15) is 4.31 Å². The summed E-state index contributed by atoms with van der Waals surface area (Å²) in [6, 6.07) is 7.92. The Hall–Kier alpha value is -1.34. The van der Waals surface area contributed by atoms with Gasteiger partial charge in [-0.25, -0.2) is 8.42 Å². The second-order valence-corrected chi connectivity index (χ2v) is 7.12. The van der Waals surface area contributed by atoms with Crippen molar-refractivity contribution in [2.24, 2.45) is 0 Å². The number of hydrogen-bond donors (Lipinski definition) is 1. The molecule has 2 aromatic rings. The summed E-state index contributed by atoms with van der Waals surface area (Å²) in [5.41, 5.74) is 0.486. The molecule has 114 valence electrons. The van der Waals surface area contributed by atoms with Gasteiger partial charge in [-0.1, -0.05) is 17.7 Å². The number of furan rings is 1. The minimum absolute atomic E-state index is 0.0264. The van der Waals surface area contributed by atoms with E-state index in [9.17, 15) is 8.42 Å². The fraction of sp³-hybridized carbons (Fsp3) is 0.286. The molecule has 1 heterocycles. The first kappa shape index (κ1) is 16.0. The van der Waals surface area contributed by atoms with E-state index in [-0.39, 0.29) is 23.1 Å². The van der Waals surface area contributed by atoms with Gasteiger partial charge in [0, 0.05) is 7.05 Å². The van der Waals surface area contributed by atoms with Crippen LogP contribution in [0.5, 0.6) is 0 Å². The van der Waals surface area contributed by atoms with E-state index in [0.717, 1.165) is 10.1 Å². The Balaban J connectivity index is 2.32. The average molecular weight is 330 g/mol. The number of hydrogen-bond acceptors (Lipinski definition) is 4. The van der Waals surface area contributed by atoms with Crippen molar-refractivity contribution in [3.63, 3.8) is 0 Å². The van der Waals surface area contributed by atoms with Crippen LogP contribution in [0.25, 0.3) is 0 Å². The molecule has 21 heavy (non-hydrogen) atoms. The van der Waals surface area contributed by atoms with Gasteiger partial charge < -0.3 is 9.52 Å². The first-order valence-corrected chi connectivity index (χ1v) is 8.07. The smallest absolute Gasteiger partial charge is 0.244 e. The second kappa shape index (κ2) is 6.19. The molecule has 1 aromatic carbocycles. The predicted octanol–water partition coefficient (Wildman–Crippen LogP) is 2.55. The lowest BCUT2D eigenvalue weighted by Crippen LogP contribution is -2.26. The molecule has 0 atom stereocenters. The predicted molar refractivity (Wildman–Crippen MR) is 79.5 cm³/mol. The van der Waals surface area contributed by atoms with Crippen molar-refractivity contribution in [3.05, 3.63) is 52.4 Å². The van der Waals surface area contributed by atoms with Crippen molar-refractivity contribution in [2.45, 2.75) is 25.0 Å². The third-order valence-electron chi connectivity index (χ3n) is 3.04. The Labute approximate surface area is 128 Å². The van der Waals surface area contributed by atoms with E-state index in [1.807, 2.05) is 0 Å². The normalized spacial score (nSPS) is 12.0. The van der Waals surface area contributed by atoms with Gasteiger partial charge in [0.25, 0.3) is 0 Å². The van der Waals surface area contributed by atoms with Crippen LogP contribution in [0.2, 0.25) is 5.02 Å². The maximum Gasteiger partial charge on any atom is 0.244 e. The lowest BCUT2D eigenvalue weighted by molar-refractivity contribution is 0.281. The van der Waals surface area contributed by atoms with Crippen molar-refractivity contribution in [1.82, 2.24) is 4.31 Å². The summed E-state index contributed by atoms with van der Waals surface area (Å²) in [6.07, 6.45) is 0. The van der Waals surface area contributed by atoms with Crippen LogP contribution in [0.3, 0.4) is 0 Å². The van der Waals surface area contributed by atoms with Crippen LogP contribution in [0.1, 0.15) is 17.1 Å². The summed E-state index contributed by atoms with van der Waals surface area (Å²) in [5.74, 6) is 1.27. The Morgan fingerprint density at radius 2 is 2.00 bits per heavy atom. The topological polar surface area (TPSA) is 70.8 Å². The first-order valence-electron chi connectivity index (χ1n) is 6.25. The number of nitrogens with zero attached hydrogens (tertiary/aromatic N) is 1. The summed E-state index contributed by atoms with van der Waals surface area (Å²) in [5, 5.41) is 9.25. The van der Waals surface area contributed by atoms with Gasteiger partial charge in [0.1, 0.15) is 16.4 Å². The Kier molecular flexibility index (Phi) is 4.73. The molecule has 1 N–H and O–H groups in total. The van der Waals surface area contributed by atoms with E-state index in [1.165, 1.54) is 19.2 Å². The van der Waals surface area contributed by atoms with Crippen molar-refractivity contribution in [1.29, 1.82) is 0 Å². The summed E-state index contributed by atoms with van der Waals surface area (Å²) in [7, 11) is -2.31. The molecule has 0 saturated carbocycles. The first-order chi connectivity index (χ1) is 9.84. The Morgan fingerprint density at radius 1 is 1.29 bits per heavy atom. The van der Waals surface area contributed by atoms with E-state index in [1.54, 1.807) is 25.1 Å². The van der Waals surface area contributed by atoms with Crippen LogP contribution in [-0.2, 0) is 23.2 Å². The summed E-state index contributed by atoms with van der Waals surface area (Å²) in [6.45, 7) is 1.65. The molecule has 0 bridgehead atoms. The molecule has 0 saturated heterocycles. The van der Waals surface area contributed by atoms with Crippen molar-refractivity contribution in [3.8, 4) is 0 Å². The third kappa shape index (κ3) is 3.47. The van der Waals surface area contributed by atoms with Crippen molar-refractivity contribution < 1.29 is 17.9 Å². The van der Waals surface area contributed by atoms with Crippen molar-refractivity contribution >= 4 is 21.6 Å². The van der Waals surface area contributed by atoms with E-state index < -0.39 is 10.0 Å². The van der Waals surface area contributed by atoms with Gasteiger partial charge in [0.2, 0.25) is 10.0 Å². The van der Waals surface area contributed by atoms with E-state index >= 15 is 0 Å². The highest BCUT2D eigenvalue weighted by Gasteiger charge is 2.24. The second-order valence-electron chi connectivity index (χ2n) is 4.70. The van der Waals surface area contributed by atoms with Gasteiger partial charge >= 0.3 is 0 Å². The molecule has 0 unspecified atom stereocenters. The van der Waals surface area contributed by atoms with Gasteiger partial charge in [-0.05, 0) is 36.8 Å². The van der Waals surface area contributed by atoms with E-state index in [0.29, 0.717) is 11.3 Å². The molecular weight excluding hydrogens is 314 g/mol. The van der Waals surface area contributed by atoms with Crippen LogP contribution in [0, 0.1) is 6.92 Å². The maximum atomic E-state index is 12.6. The average Bonchev–Trinajstić information content (AvgIpc) is 2.84. The number of sulfonamides is 1. The number of aliphatic hydroxyl groups is 1. The Bertz CT molecular complexity index is 739. The fourth-order valence-corrected chi connectivity index (χ4v) is 3.54. The third-order valence-corrected chi connectivity index (χ3v) is 5.33. The highest BCUT2D eigenvalue weighted by Crippen LogP contribution is 2.26. The molecule has 2 rings (SSSR count). The standard InChI is InChI=1S/C14H16ClNO4S/c1-10-3-5-12(20-10)8-16(2)21(18,19)14-7-11(9-17)4-6-13(14)15/h3-7,17H,8-9H2,1-2H3. The largest absolute Gasteiger partial charge is 0.465 e. The molecule has 0 spiro atoms. The molecule has 0 amide bonds. The van der Waals surface area contributed by atoms with Gasteiger partial charge in [-0.15, -0.1) is 0 Å². The van der Waals surface area contributed by atoms with Gasteiger partial charge in [0.15, 0.2) is 0 Å². The number of rotatable bonds is 5. The number of halogens is 1. The molecule has 5 nitrogen and oxygen atoms in total. The SMILES string of the molecule is Cc1ccc(CN(C)S(=O)(=O)c2cc(CO)ccc2Cl)o1. The molecular formula is C14H16ClNO4S. The number of benzene rings is 1. The minimum atomic E-state index is -3.76. The van der Waals surface area contributed by atoms with Crippen molar-refractivity contribution in [2.75, 3.05) is 7.05 Å². The summed E-state index contributed by atoms with van der Waals surface area (Å²) in [4.78, 5) is -0.0264. The zero-order valence-corrected chi connectivity index (χ0v) is 13.3.